The number of nitrogens with two attached hydrogens (primary N) is 1. The van der Waals surface area contributed by atoms with E-state index >= 15 is 0 Å². The van der Waals surface area contributed by atoms with E-state index in [1.165, 1.54) is 0 Å². The van der Waals surface area contributed by atoms with Gasteiger partial charge in [0, 0.05) is 5.57 Å². The highest BCUT2D eigenvalue weighted by Gasteiger charge is 1.98. The molecule has 0 aliphatic carbocycles. The van der Waals surface area contributed by atoms with Crippen LogP contribution in [0, 0.1) is 0 Å². The van der Waals surface area contributed by atoms with E-state index in [0.717, 1.165) is 19.5 Å². The van der Waals surface area contributed by atoms with E-state index < -0.39 is 0 Å². The van der Waals surface area contributed by atoms with Crippen molar-refractivity contribution in [1.29, 1.82) is 0 Å². The van der Waals surface area contributed by atoms with Gasteiger partial charge in [-0.1, -0.05) is 6.58 Å². The van der Waals surface area contributed by atoms with Crippen LogP contribution in [0.5, 0.6) is 0 Å². The van der Waals surface area contributed by atoms with Gasteiger partial charge in [-0.05, 0) is 47.5 Å². The van der Waals surface area contributed by atoms with Gasteiger partial charge in [-0.3, -0.25) is 0 Å². The quantitative estimate of drug-likeness (QED) is 0.551. The second kappa shape index (κ2) is 11.2. The first-order valence-corrected chi connectivity index (χ1v) is 5.13. The van der Waals surface area contributed by atoms with E-state index in [9.17, 15) is 4.79 Å². The van der Waals surface area contributed by atoms with Crippen molar-refractivity contribution in [2.75, 3.05) is 33.8 Å². The summed E-state index contributed by atoms with van der Waals surface area (Å²) in [6, 6.07) is 0. The van der Waals surface area contributed by atoms with Crippen LogP contribution < -0.4 is 5.73 Å². The third-order valence-electron chi connectivity index (χ3n) is 1.43. The van der Waals surface area contributed by atoms with E-state index in [1.807, 2.05) is 0 Å². The van der Waals surface area contributed by atoms with E-state index in [4.69, 9.17) is 5.73 Å². The van der Waals surface area contributed by atoms with Gasteiger partial charge in [-0.25, -0.2) is 4.79 Å². The molecular weight excluding hydrogens is 192 g/mol. The van der Waals surface area contributed by atoms with Gasteiger partial charge in [-0.2, -0.15) is 0 Å². The number of rotatable bonds is 5. The summed E-state index contributed by atoms with van der Waals surface area (Å²) in [7, 11) is 4.10. The van der Waals surface area contributed by atoms with Crippen molar-refractivity contribution in [1.82, 2.24) is 4.90 Å². The van der Waals surface area contributed by atoms with E-state index in [-0.39, 0.29) is 5.97 Å². The summed E-state index contributed by atoms with van der Waals surface area (Å²) in [5, 5.41) is 0. The van der Waals surface area contributed by atoms with Crippen LogP contribution in [0.2, 0.25) is 0 Å². The van der Waals surface area contributed by atoms with Gasteiger partial charge >= 0.3 is 5.97 Å². The van der Waals surface area contributed by atoms with Crippen LogP contribution in [0.25, 0.3) is 0 Å². The molecule has 90 valence electrons. The van der Waals surface area contributed by atoms with Crippen molar-refractivity contribution >= 4 is 5.97 Å². The zero-order valence-electron chi connectivity index (χ0n) is 10.4. The van der Waals surface area contributed by atoms with Crippen molar-refractivity contribution < 1.29 is 9.53 Å². The summed E-state index contributed by atoms with van der Waals surface area (Å²) < 4.78 is 4.56. The van der Waals surface area contributed by atoms with Crippen molar-refractivity contribution in [2.24, 2.45) is 5.73 Å². The zero-order chi connectivity index (χ0) is 12.3. The Morgan fingerprint density at radius 2 is 2.00 bits per heavy atom. The van der Waals surface area contributed by atoms with Gasteiger partial charge in [0.15, 0.2) is 0 Å². The number of nitrogens with zero attached hydrogens (tertiary/aromatic N) is 1. The molecule has 4 nitrogen and oxygen atoms in total. The maximum absolute atomic E-state index is 10.4. The normalized spacial score (nSPS) is 9.20. The van der Waals surface area contributed by atoms with Gasteiger partial charge < -0.3 is 15.4 Å². The topological polar surface area (TPSA) is 55.6 Å². The van der Waals surface area contributed by atoms with Crippen LogP contribution in [0.1, 0.15) is 20.3 Å². The zero-order valence-corrected chi connectivity index (χ0v) is 10.4. The fourth-order valence-corrected chi connectivity index (χ4v) is 0.662. The fourth-order valence-electron chi connectivity index (χ4n) is 0.662. The lowest BCUT2D eigenvalue weighted by molar-refractivity contribution is -0.138. The number of esters is 1. The molecular formula is C11H24N2O2. The van der Waals surface area contributed by atoms with E-state index in [0.29, 0.717) is 12.2 Å². The molecule has 0 fully saturated rings. The average Bonchev–Trinajstić information content (AvgIpc) is 2.16. The first kappa shape index (κ1) is 16.6. The molecule has 0 aromatic heterocycles. The number of hydrogen-bond acceptors (Lipinski definition) is 4. The lowest BCUT2D eigenvalue weighted by atomic mass is 10.4. The van der Waals surface area contributed by atoms with Gasteiger partial charge in [0.1, 0.15) is 0 Å². The predicted octanol–water partition coefficient (Wildman–Crippen LogP) is 1.02. The molecule has 15 heavy (non-hydrogen) atoms. The van der Waals surface area contributed by atoms with Crippen molar-refractivity contribution in [2.45, 2.75) is 20.3 Å². The first-order valence-electron chi connectivity index (χ1n) is 5.13. The minimum atomic E-state index is -0.312. The number of hydrogen-bond donors (Lipinski definition) is 1. The molecule has 0 spiro atoms. The van der Waals surface area contributed by atoms with Crippen molar-refractivity contribution in [3.8, 4) is 0 Å². The molecule has 0 bridgehead atoms. The molecule has 0 saturated heterocycles. The molecule has 4 heteroatoms. The highest BCUT2D eigenvalue weighted by atomic mass is 16.5. The third kappa shape index (κ3) is 15.9. The average molecular weight is 216 g/mol. The smallest absolute Gasteiger partial charge is 0.333 e. The maximum atomic E-state index is 10.4. The number of ether oxygens (including phenoxy) is 1. The van der Waals surface area contributed by atoms with Crippen LogP contribution in [-0.2, 0) is 9.53 Å². The van der Waals surface area contributed by atoms with Crippen LogP contribution in [0.3, 0.4) is 0 Å². The molecule has 0 aromatic carbocycles. The summed E-state index contributed by atoms with van der Waals surface area (Å²) >= 11 is 0. The summed E-state index contributed by atoms with van der Waals surface area (Å²) in [5.74, 6) is -0.312. The first-order chi connectivity index (χ1) is 6.95. The molecule has 0 aliphatic rings. The monoisotopic (exact) mass is 216 g/mol. The second-order valence-electron chi connectivity index (χ2n) is 3.45. The molecule has 0 unspecified atom stereocenters. The van der Waals surface area contributed by atoms with Gasteiger partial charge in [0.05, 0.1) is 6.61 Å². The molecule has 0 rings (SSSR count). The Bertz CT molecular complexity index is 179. The summed E-state index contributed by atoms with van der Waals surface area (Å²) in [6.45, 7) is 9.12. The Morgan fingerprint density at radius 1 is 1.47 bits per heavy atom. The highest BCUT2D eigenvalue weighted by molar-refractivity contribution is 5.86. The Labute approximate surface area is 93.1 Å². The summed E-state index contributed by atoms with van der Waals surface area (Å²) in [4.78, 5) is 12.6. The van der Waals surface area contributed by atoms with Crippen LogP contribution in [0.15, 0.2) is 12.2 Å². The Morgan fingerprint density at radius 3 is 2.13 bits per heavy atom. The molecule has 0 aromatic rings. The summed E-state index contributed by atoms with van der Waals surface area (Å²) in [6.07, 6.45) is 1.10. The fraction of sp³-hybridized carbons (Fsp3) is 0.727. The van der Waals surface area contributed by atoms with Crippen LogP contribution in [-0.4, -0.2) is 44.7 Å². The lowest BCUT2D eigenvalue weighted by Crippen LogP contribution is -2.16. The minimum Gasteiger partial charge on any atom is -0.463 e. The number of carbonyl (C=O) groups excluding carboxylic acids is 1. The largest absolute Gasteiger partial charge is 0.463 e. The van der Waals surface area contributed by atoms with Crippen molar-refractivity contribution in [3.05, 3.63) is 12.2 Å². The standard InChI is InChI=1S/C6H10O2.C5H14N2/c1-4-8-6(7)5(2)3;1-7(2)5-3-4-6/h2,4H2,1,3H3;3-6H2,1-2H3. The molecule has 0 saturated carbocycles. The van der Waals surface area contributed by atoms with E-state index in [1.54, 1.807) is 13.8 Å². The Balaban J connectivity index is 0. The lowest BCUT2D eigenvalue weighted by Gasteiger charge is -2.05. The third-order valence-corrected chi connectivity index (χ3v) is 1.43. The molecule has 0 atom stereocenters. The highest BCUT2D eigenvalue weighted by Crippen LogP contribution is 1.89. The van der Waals surface area contributed by atoms with Gasteiger partial charge in [0.2, 0.25) is 0 Å². The van der Waals surface area contributed by atoms with Crippen molar-refractivity contribution in [3.63, 3.8) is 0 Å². The van der Waals surface area contributed by atoms with E-state index in [2.05, 4.69) is 30.3 Å². The van der Waals surface area contributed by atoms with Gasteiger partial charge in [0.25, 0.3) is 0 Å². The SMILES string of the molecule is C=C(C)C(=O)OCC.CN(C)CCCN. The predicted molar refractivity (Wildman–Crippen MR) is 63.7 cm³/mol. The number of carbonyl (C=O) groups is 1. The molecule has 0 heterocycles. The molecule has 0 aliphatic heterocycles. The Hall–Kier alpha value is -0.870. The van der Waals surface area contributed by atoms with Crippen LogP contribution in [0.4, 0.5) is 0 Å². The second-order valence-corrected chi connectivity index (χ2v) is 3.45. The Kier molecular flexibility index (Phi) is 12.4. The minimum absolute atomic E-state index is 0.312. The summed E-state index contributed by atoms with van der Waals surface area (Å²) in [5.41, 5.74) is 5.70. The van der Waals surface area contributed by atoms with Crippen LogP contribution >= 0.6 is 0 Å². The molecule has 2 N–H and O–H groups in total. The van der Waals surface area contributed by atoms with Gasteiger partial charge in [-0.15, -0.1) is 0 Å². The molecule has 0 amide bonds. The molecule has 0 radical (unpaired) electrons. The maximum Gasteiger partial charge on any atom is 0.333 e.